The summed E-state index contributed by atoms with van der Waals surface area (Å²) in [5.74, 6) is 0.746. The highest BCUT2D eigenvalue weighted by Crippen LogP contribution is 2.21. The molecule has 1 fully saturated rings. The third kappa shape index (κ3) is 2.64. The molecule has 2 rings (SSSR count). The van der Waals surface area contributed by atoms with Crippen molar-refractivity contribution in [3.63, 3.8) is 0 Å². The van der Waals surface area contributed by atoms with E-state index in [1.165, 1.54) is 19.4 Å². The molecule has 2 N–H and O–H groups in total. The zero-order valence-electron chi connectivity index (χ0n) is 9.72. The van der Waals surface area contributed by atoms with Crippen LogP contribution in [0.1, 0.15) is 19.3 Å². The monoisotopic (exact) mass is 221 g/mol. The van der Waals surface area contributed by atoms with Crippen molar-refractivity contribution in [2.45, 2.75) is 25.3 Å². The third-order valence-electron chi connectivity index (χ3n) is 3.19. The molecule has 0 aliphatic carbocycles. The minimum atomic E-state index is 0.613. The Hall–Kier alpha value is -1.29. The summed E-state index contributed by atoms with van der Waals surface area (Å²) < 4.78 is 5.66. The number of anilines is 1. The number of hydrogen-bond acceptors (Lipinski definition) is 4. The van der Waals surface area contributed by atoms with E-state index in [4.69, 9.17) is 10.5 Å². The molecule has 0 saturated carbocycles. The summed E-state index contributed by atoms with van der Waals surface area (Å²) in [6.45, 7) is 1.94. The van der Waals surface area contributed by atoms with Crippen LogP contribution in [0.25, 0.3) is 0 Å². The number of likely N-dealkylation sites (tertiary alicyclic amines) is 1. The van der Waals surface area contributed by atoms with Gasteiger partial charge >= 0.3 is 0 Å². The molecule has 4 nitrogen and oxygen atoms in total. The van der Waals surface area contributed by atoms with Gasteiger partial charge in [-0.05, 0) is 32.9 Å². The van der Waals surface area contributed by atoms with E-state index < -0.39 is 0 Å². The van der Waals surface area contributed by atoms with Crippen molar-refractivity contribution < 1.29 is 4.74 Å². The van der Waals surface area contributed by atoms with Gasteiger partial charge in [-0.1, -0.05) is 0 Å². The van der Waals surface area contributed by atoms with E-state index in [-0.39, 0.29) is 0 Å². The number of nitrogen functional groups attached to an aromatic ring is 1. The van der Waals surface area contributed by atoms with Crippen LogP contribution in [-0.4, -0.2) is 36.1 Å². The van der Waals surface area contributed by atoms with Crippen molar-refractivity contribution in [1.29, 1.82) is 0 Å². The van der Waals surface area contributed by atoms with Crippen molar-refractivity contribution in [2.75, 3.05) is 25.9 Å². The highest BCUT2D eigenvalue weighted by atomic mass is 16.5. The lowest BCUT2D eigenvalue weighted by Crippen LogP contribution is -2.26. The van der Waals surface area contributed by atoms with Gasteiger partial charge in [0.2, 0.25) is 0 Å². The minimum Gasteiger partial charge on any atom is -0.491 e. The zero-order chi connectivity index (χ0) is 11.4. The fourth-order valence-electron chi connectivity index (χ4n) is 2.17. The fourth-order valence-corrected chi connectivity index (χ4v) is 2.17. The normalized spacial score (nSPS) is 21.2. The van der Waals surface area contributed by atoms with Gasteiger partial charge in [-0.2, -0.15) is 0 Å². The molecule has 1 atom stereocenters. The molecule has 1 saturated heterocycles. The number of pyridine rings is 1. The Morgan fingerprint density at radius 1 is 1.62 bits per heavy atom. The quantitative estimate of drug-likeness (QED) is 0.837. The molecule has 0 radical (unpaired) electrons. The molecule has 0 aromatic carbocycles. The van der Waals surface area contributed by atoms with E-state index in [0.29, 0.717) is 11.7 Å². The SMILES string of the molecule is CN1CCC[C@@H]1CCOc1ccncc1N. The number of hydrogen-bond donors (Lipinski definition) is 1. The number of rotatable bonds is 4. The van der Waals surface area contributed by atoms with Gasteiger partial charge in [-0.25, -0.2) is 0 Å². The van der Waals surface area contributed by atoms with Gasteiger partial charge in [0.05, 0.1) is 18.5 Å². The number of nitrogens with zero attached hydrogens (tertiary/aromatic N) is 2. The van der Waals surface area contributed by atoms with E-state index in [1.54, 1.807) is 12.4 Å². The first-order valence-corrected chi connectivity index (χ1v) is 5.80. The Bertz CT molecular complexity index is 343. The van der Waals surface area contributed by atoms with E-state index in [9.17, 15) is 0 Å². The van der Waals surface area contributed by atoms with Gasteiger partial charge in [0.25, 0.3) is 0 Å². The van der Waals surface area contributed by atoms with E-state index in [2.05, 4.69) is 16.9 Å². The van der Waals surface area contributed by atoms with Crippen LogP contribution in [0.2, 0.25) is 0 Å². The van der Waals surface area contributed by atoms with Gasteiger partial charge in [-0.3, -0.25) is 4.98 Å². The van der Waals surface area contributed by atoms with Crippen molar-refractivity contribution >= 4 is 5.69 Å². The molecule has 4 heteroatoms. The van der Waals surface area contributed by atoms with Crippen molar-refractivity contribution in [2.24, 2.45) is 0 Å². The van der Waals surface area contributed by atoms with E-state index in [1.807, 2.05) is 6.07 Å². The lowest BCUT2D eigenvalue weighted by atomic mass is 10.1. The molecular weight excluding hydrogens is 202 g/mol. The van der Waals surface area contributed by atoms with Crippen LogP contribution in [0.3, 0.4) is 0 Å². The Balaban J connectivity index is 1.78. The summed E-state index contributed by atoms with van der Waals surface area (Å²) in [5.41, 5.74) is 6.36. The van der Waals surface area contributed by atoms with Crippen LogP contribution in [0.5, 0.6) is 5.75 Å². The van der Waals surface area contributed by atoms with Gasteiger partial charge in [-0.15, -0.1) is 0 Å². The van der Waals surface area contributed by atoms with Gasteiger partial charge in [0, 0.05) is 18.3 Å². The first-order chi connectivity index (χ1) is 7.77. The maximum atomic E-state index is 5.74. The van der Waals surface area contributed by atoms with Crippen LogP contribution in [-0.2, 0) is 0 Å². The fraction of sp³-hybridized carbons (Fsp3) is 0.583. The lowest BCUT2D eigenvalue weighted by molar-refractivity contribution is 0.234. The molecule has 1 aliphatic heterocycles. The van der Waals surface area contributed by atoms with Gasteiger partial charge < -0.3 is 15.4 Å². The number of nitrogens with two attached hydrogens (primary N) is 1. The van der Waals surface area contributed by atoms with Crippen LogP contribution in [0.4, 0.5) is 5.69 Å². The van der Waals surface area contributed by atoms with Crippen LogP contribution >= 0.6 is 0 Å². The van der Waals surface area contributed by atoms with Gasteiger partial charge in [0.1, 0.15) is 5.75 Å². The molecule has 1 aliphatic rings. The van der Waals surface area contributed by atoms with Crippen molar-refractivity contribution in [3.8, 4) is 5.75 Å². The second kappa shape index (κ2) is 5.16. The van der Waals surface area contributed by atoms with Gasteiger partial charge in [0.15, 0.2) is 0 Å². The van der Waals surface area contributed by atoms with Crippen LogP contribution in [0, 0.1) is 0 Å². The van der Waals surface area contributed by atoms with Crippen molar-refractivity contribution in [3.05, 3.63) is 18.5 Å². The average Bonchev–Trinajstić information content (AvgIpc) is 2.67. The zero-order valence-corrected chi connectivity index (χ0v) is 9.72. The summed E-state index contributed by atoms with van der Waals surface area (Å²) in [6, 6.07) is 2.48. The second-order valence-corrected chi connectivity index (χ2v) is 4.33. The molecule has 88 valence electrons. The predicted octanol–water partition coefficient (Wildman–Crippen LogP) is 1.53. The minimum absolute atomic E-state index is 0.613. The summed E-state index contributed by atoms with van der Waals surface area (Å²) in [6.07, 6.45) is 6.98. The molecular formula is C12H19N3O. The second-order valence-electron chi connectivity index (χ2n) is 4.33. The highest BCUT2D eigenvalue weighted by Gasteiger charge is 2.20. The molecule has 16 heavy (non-hydrogen) atoms. The molecule has 0 amide bonds. The van der Waals surface area contributed by atoms with E-state index in [0.717, 1.165) is 18.8 Å². The number of aromatic nitrogens is 1. The first kappa shape index (κ1) is 11.2. The summed E-state index contributed by atoms with van der Waals surface area (Å²) >= 11 is 0. The van der Waals surface area contributed by atoms with Crippen molar-refractivity contribution in [1.82, 2.24) is 9.88 Å². The molecule has 0 spiro atoms. The smallest absolute Gasteiger partial charge is 0.145 e. The Morgan fingerprint density at radius 3 is 3.19 bits per heavy atom. The molecule has 0 unspecified atom stereocenters. The maximum Gasteiger partial charge on any atom is 0.145 e. The largest absolute Gasteiger partial charge is 0.491 e. The Kier molecular flexibility index (Phi) is 3.62. The van der Waals surface area contributed by atoms with Crippen LogP contribution < -0.4 is 10.5 Å². The standard InChI is InChI=1S/C12H19N3O/c1-15-7-2-3-10(15)5-8-16-12-4-6-14-9-11(12)13/h4,6,9-10H,2-3,5,7-8,13H2,1H3/t10-/m1/s1. The average molecular weight is 221 g/mol. The molecule has 1 aromatic heterocycles. The molecule has 2 heterocycles. The summed E-state index contributed by atoms with van der Waals surface area (Å²) in [7, 11) is 2.18. The Morgan fingerprint density at radius 2 is 2.50 bits per heavy atom. The predicted molar refractivity (Wildman–Crippen MR) is 64.4 cm³/mol. The first-order valence-electron chi connectivity index (χ1n) is 5.80. The highest BCUT2D eigenvalue weighted by molar-refractivity contribution is 5.49. The Labute approximate surface area is 96.4 Å². The maximum absolute atomic E-state index is 5.74. The van der Waals surface area contributed by atoms with Crippen LogP contribution in [0.15, 0.2) is 18.5 Å². The van der Waals surface area contributed by atoms with E-state index >= 15 is 0 Å². The molecule has 1 aromatic rings. The summed E-state index contributed by atoms with van der Waals surface area (Å²) in [5, 5.41) is 0. The third-order valence-corrected chi connectivity index (χ3v) is 3.19. The topological polar surface area (TPSA) is 51.4 Å². The number of ether oxygens (including phenoxy) is 1. The lowest BCUT2D eigenvalue weighted by Gasteiger charge is -2.19. The summed E-state index contributed by atoms with van der Waals surface area (Å²) in [4.78, 5) is 6.33. The molecule has 0 bridgehead atoms.